The summed E-state index contributed by atoms with van der Waals surface area (Å²) in [7, 11) is -5.57. The highest BCUT2D eigenvalue weighted by molar-refractivity contribution is 7.95. The topological polar surface area (TPSA) is 99.5 Å². The number of rotatable bonds is 5. The van der Waals surface area contributed by atoms with Gasteiger partial charge in [-0.1, -0.05) is 24.3 Å². The van der Waals surface area contributed by atoms with Crippen molar-refractivity contribution in [2.75, 3.05) is 4.72 Å². The van der Waals surface area contributed by atoms with Crippen molar-refractivity contribution in [3.8, 4) is 0 Å². The minimum atomic E-state index is -4.59. The largest absolute Gasteiger partial charge is 0.488 e. The van der Waals surface area contributed by atoms with Crippen LogP contribution in [0.1, 0.15) is 16.8 Å². The lowest BCUT2D eigenvalue weighted by Crippen LogP contribution is -2.29. The third-order valence-corrected chi connectivity index (χ3v) is 5.83. The number of nitrogens with one attached hydrogen (secondary N) is 1. The number of halogens is 3. The van der Waals surface area contributed by atoms with Crippen LogP contribution in [0.15, 0.2) is 41.1 Å². The van der Waals surface area contributed by atoms with Gasteiger partial charge < -0.3 is 10.0 Å². The van der Waals surface area contributed by atoms with Gasteiger partial charge in [0.25, 0.3) is 10.0 Å². The summed E-state index contributed by atoms with van der Waals surface area (Å²) in [6.07, 6.45) is -3.29. The van der Waals surface area contributed by atoms with Gasteiger partial charge in [-0.2, -0.15) is 13.2 Å². The first-order valence-corrected chi connectivity index (χ1v) is 10.5. The number of aromatic nitrogens is 1. The summed E-state index contributed by atoms with van der Waals surface area (Å²) in [5.74, 6) is 0. The Kier molecular flexibility index (Phi) is 5.72. The normalized spacial score (nSPS) is 12.6. The minimum Gasteiger partial charge on any atom is -0.423 e. The van der Waals surface area contributed by atoms with Gasteiger partial charge in [-0.15, -0.1) is 11.3 Å². The van der Waals surface area contributed by atoms with Gasteiger partial charge in [-0.25, -0.2) is 13.4 Å². The van der Waals surface area contributed by atoms with E-state index in [-0.39, 0.29) is 21.5 Å². The quantitative estimate of drug-likeness (QED) is 0.528. The first-order valence-electron chi connectivity index (χ1n) is 8.09. The minimum absolute atomic E-state index is 0.0807. The zero-order chi connectivity index (χ0) is 21.4. The van der Waals surface area contributed by atoms with E-state index in [9.17, 15) is 21.6 Å². The van der Waals surface area contributed by atoms with Gasteiger partial charge in [-0.3, -0.25) is 4.72 Å². The highest BCUT2D eigenvalue weighted by Gasteiger charge is 2.33. The van der Waals surface area contributed by atoms with Gasteiger partial charge in [-0.05, 0) is 35.7 Å². The molecule has 0 aliphatic rings. The molecule has 2 aromatic heterocycles. The Hall–Kier alpha value is -2.41. The Morgan fingerprint density at radius 2 is 1.86 bits per heavy atom. The molecule has 0 fully saturated rings. The molecule has 152 valence electrons. The van der Waals surface area contributed by atoms with Crippen molar-refractivity contribution in [2.45, 2.75) is 13.1 Å². The van der Waals surface area contributed by atoms with Crippen LogP contribution in [-0.2, 0) is 16.2 Å². The van der Waals surface area contributed by atoms with E-state index in [0.29, 0.717) is 10.9 Å². The van der Waals surface area contributed by atoms with Gasteiger partial charge in [0.15, 0.2) is 0 Å². The van der Waals surface area contributed by atoms with E-state index < -0.39 is 29.0 Å². The fourth-order valence-corrected chi connectivity index (χ4v) is 4.48. The van der Waals surface area contributed by atoms with E-state index in [2.05, 4.69) is 9.71 Å². The molecule has 29 heavy (non-hydrogen) atoms. The molecule has 3 rings (SSSR count). The standard InChI is InChI=1S/C17H14BF3N2O4S2/c1-10-8-14(17(19,20)21)22-16-15(10)13(9-28-16)23-29(26,27)7-6-11-2-4-12(5-3-11)18(24)25/h2-9,23-25H,1H3/b7-6+. The molecule has 0 amide bonds. The molecule has 0 aliphatic heterocycles. The summed E-state index contributed by atoms with van der Waals surface area (Å²) in [6.45, 7) is 1.46. The van der Waals surface area contributed by atoms with Crippen molar-refractivity contribution in [3.05, 3.63) is 57.9 Å². The van der Waals surface area contributed by atoms with E-state index >= 15 is 0 Å². The highest BCUT2D eigenvalue weighted by Crippen LogP contribution is 2.36. The molecule has 0 saturated carbocycles. The molecule has 0 atom stereocenters. The summed E-state index contributed by atoms with van der Waals surface area (Å²) < 4.78 is 65.7. The SMILES string of the molecule is Cc1cc(C(F)(F)F)nc2scc(NS(=O)(=O)/C=C/c3ccc(B(O)O)cc3)c12. The van der Waals surface area contributed by atoms with Crippen LogP contribution in [-0.4, -0.2) is 30.6 Å². The predicted molar refractivity (Wildman–Crippen MR) is 107 cm³/mol. The summed E-state index contributed by atoms with van der Waals surface area (Å²) in [5.41, 5.74) is 0.127. The number of aryl methyl sites for hydroxylation is 1. The smallest absolute Gasteiger partial charge is 0.423 e. The van der Waals surface area contributed by atoms with Crippen LogP contribution in [0.4, 0.5) is 18.9 Å². The molecular formula is C17H14BF3N2O4S2. The van der Waals surface area contributed by atoms with Crippen LogP contribution in [0.5, 0.6) is 0 Å². The van der Waals surface area contributed by atoms with Crippen LogP contribution in [0.2, 0.25) is 0 Å². The van der Waals surface area contributed by atoms with E-state index in [1.165, 1.54) is 42.6 Å². The van der Waals surface area contributed by atoms with Crippen molar-refractivity contribution < 1.29 is 31.6 Å². The number of benzene rings is 1. The lowest BCUT2D eigenvalue weighted by atomic mass is 9.80. The summed E-state index contributed by atoms with van der Waals surface area (Å²) in [5, 5.41) is 20.7. The van der Waals surface area contributed by atoms with E-state index in [4.69, 9.17) is 10.0 Å². The van der Waals surface area contributed by atoms with Crippen molar-refractivity contribution in [1.82, 2.24) is 4.98 Å². The molecule has 0 bridgehead atoms. The molecule has 2 heterocycles. The first-order chi connectivity index (χ1) is 13.5. The number of alkyl halides is 3. The third kappa shape index (κ3) is 4.96. The summed E-state index contributed by atoms with van der Waals surface area (Å²) in [6, 6.07) is 6.76. The average molecular weight is 442 g/mol. The zero-order valence-corrected chi connectivity index (χ0v) is 16.4. The van der Waals surface area contributed by atoms with Gasteiger partial charge in [0.2, 0.25) is 0 Å². The fourth-order valence-electron chi connectivity index (χ4n) is 2.59. The number of anilines is 1. The predicted octanol–water partition coefficient (Wildman–Crippen LogP) is 2.72. The maximum absolute atomic E-state index is 12.9. The van der Waals surface area contributed by atoms with Crippen LogP contribution in [0.3, 0.4) is 0 Å². The van der Waals surface area contributed by atoms with Crippen LogP contribution < -0.4 is 10.2 Å². The molecule has 1 aromatic carbocycles. The highest BCUT2D eigenvalue weighted by atomic mass is 32.2. The van der Waals surface area contributed by atoms with Crippen molar-refractivity contribution in [1.29, 1.82) is 0 Å². The first kappa shape index (κ1) is 21.3. The van der Waals surface area contributed by atoms with E-state index in [1.807, 2.05) is 0 Å². The van der Waals surface area contributed by atoms with Crippen molar-refractivity contribution in [2.24, 2.45) is 0 Å². The number of hydrogen-bond acceptors (Lipinski definition) is 6. The second-order valence-electron chi connectivity index (χ2n) is 6.14. The Morgan fingerprint density at radius 1 is 1.21 bits per heavy atom. The summed E-state index contributed by atoms with van der Waals surface area (Å²) in [4.78, 5) is 3.65. The monoisotopic (exact) mass is 442 g/mol. The fraction of sp³-hybridized carbons (Fsp3) is 0.118. The third-order valence-electron chi connectivity index (χ3n) is 3.96. The molecule has 0 spiro atoms. The maximum atomic E-state index is 12.9. The maximum Gasteiger partial charge on any atom is 0.488 e. The Morgan fingerprint density at radius 3 is 2.45 bits per heavy atom. The molecule has 3 N–H and O–H groups in total. The van der Waals surface area contributed by atoms with Gasteiger partial charge in [0, 0.05) is 10.8 Å². The molecule has 0 saturated heterocycles. The summed E-state index contributed by atoms with van der Waals surface area (Å²) >= 11 is 0.908. The van der Waals surface area contributed by atoms with Gasteiger partial charge in [0.1, 0.15) is 10.5 Å². The van der Waals surface area contributed by atoms with E-state index in [1.54, 1.807) is 0 Å². The van der Waals surface area contributed by atoms with Crippen LogP contribution >= 0.6 is 11.3 Å². The molecule has 3 aromatic rings. The Bertz CT molecular complexity index is 1170. The molecule has 0 aliphatic carbocycles. The molecule has 12 heteroatoms. The lowest BCUT2D eigenvalue weighted by Gasteiger charge is -2.09. The lowest BCUT2D eigenvalue weighted by molar-refractivity contribution is -0.141. The molecular weight excluding hydrogens is 428 g/mol. The number of sulfonamides is 1. The number of pyridine rings is 1. The van der Waals surface area contributed by atoms with E-state index in [0.717, 1.165) is 22.8 Å². The van der Waals surface area contributed by atoms with Crippen LogP contribution in [0, 0.1) is 6.92 Å². The van der Waals surface area contributed by atoms with Gasteiger partial charge >= 0.3 is 13.3 Å². The zero-order valence-electron chi connectivity index (χ0n) is 14.8. The molecule has 0 unspecified atom stereocenters. The number of hydrogen-bond donors (Lipinski definition) is 3. The number of thiophene rings is 1. The second kappa shape index (κ2) is 7.79. The Balaban J connectivity index is 1.85. The number of nitrogens with zero attached hydrogens (tertiary/aromatic N) is 1. The average Bonchev–Trinajstić information content (AvgIpc) is 3.02. The number of fused-ring (bicyclic) bond motifs is 1. The second-order valence-corrected chi connectivity index (χ2v) is 8.57. The van der Waals surface area contributed by atoms with Gasteiger partial charge in [0.05, 0.1) is 11.1 Å². The van der Waals surface area contributed by atoms with Crippen molar-refractivity contribution in [3.63, 3.8) is 0 Å². The molecule has 0 radical (unpaired) electrons. The van der Waals surface area contributed by atoms with Crippen molar-refractivity contribution >= 4 is 55.9 Å². The molecule has 6 nitrogen and oxygen atoms in total. The van der Waals surface area contributed by atoms with Crippen LogP contribution in [0.25, 0.3) is 16.3 Å². The Labute approximate surface area is 168 Å².